The Bertz CT molecular complexity index is 860. The lowest BCUT2D eigenvalue weighted by Crippen LogP contribution is -2.24. The summed E-state index contributed by atoms with van der Waals surface area (Å²) in [7, 11) is 0. The van der Waals surface area contributed by atoms with Gasteiger partial charge in [-0.1, -0.05) is 30.3 Å². The number of nitro groups is 1. The van der Waals surface area contributed by atoms with Crippen molar-refractivity contribution in [2.45, 2.75) is 13.8 Å². The highest BCUT2D eigenvalue weighted by Gasteiger charge is 2.05. The lowest BCUT2D eigenvalue weighted by molar-refractivity contribution is -0.384. The fraction of sp³-hybridized carbons (Fsp3) is 0.158. The van der Waals surface area contributed by atoms with Gasteiger partial charge in [-0.25, -0.2) is 5.43 Å². The maximum atomic E-state index is 11.7. The monoisotopic (exact) mass is 353 g/mol. The Morgan fingerprint density at radius 3 is 2.81 bits per heavy atom. The molecular formula is C19H19N3O4. The molecule has 0 fully saturated rings. The van der Waals surface area contributed by atoms with Crippen LogP contribution in [0.4, 0.5) is 5.69 Å². The first-order valence-electron chi connectivity index (χ1n) is 7.89. The third-order valence-corrected chi connectivity index (χ3v) is 3.63. The zero-order valence-corrected chi connectivity index (χ0v) is 14.5. The number of carbonyl (C=O) groups is 1. The third kappa shape index (κ3) is 5.55. The van der Waals surface area contributed by atoms with Gasteiger partial charge in [-0.3, -0.25) is 14.9 Å². The number of carbonyl (C=O) groups excluding carboxylic acids is 1. The van der Waals surface area contributed by atoms with Gasteiger partial charge in [-0.05, 0) is 42.7 Å². The van der Waals surface area contributed by atoms with Crippen molar-refractivity contribution < 1.29 is 14.5 Å². The average molecular weight is 353 g/mol. The summed E-state index contributed by atoms with van der Waals surface area (Å²) in [5.41, 5.74) is 5.11. The Morgan fingerprint density at radius 2 is 2.04 bits per heavy atom. The van der Waals surface area contributed by atoms with Crippen molar-refractivity contribution in [2.24, 2.45) is 5.10 Å². The van der Waals surface area contributed by atoms with Gasteiger partial charge in [-0.2, -0.15) is 5.10 Å². The number of hydrogen-bond donors (Lipinski definition) is 1. The molecule has 0 atom stereocenters. The van der Waals surface area contributed by atoms with Crippen molar-refractivity contribution in [2.75, 3.05) is 6.61 Å². The van der Waals surface area contributed by atoms with Crippen molar-refractivity contribution in [3.05, 3.63) is 75.3 Å². The first kappa shape index (κ1) is 18.9. The van der Waals surface area contributed by atoms with E-state index in [9.17, 15) is 14.9 Å². The first-order valence-corrected chi connectivity index (χ1v) is 7.89. The predicted molar refractivity (Wildman–Crippen MR) is 100 cm³/mol. The maximum absolute atomic E-state index is 11.7. The summed E-state index contributed by atoms with van der Waals surface area (Å²) in [4.78, 5) is 22.0. The molecule has 0 heterocycles. The first-order chi connectivity index (χ1) is 12.5. The Hall–Kier alpha value is -3.48. The van der Waals surface area contributed by atoms with Gasteiger partial charge in [0, 0.05) is 18.3 Å². The SMILES string of the molecule is Cc1cccc(OCC(=O)NN=CC=Cc2cccc([N+](=O)[O-])c2)c1C. The molecule has 7 nitrogen and oxygen atoms in total. The van der Waals surface area contributed by atoms with Gasteiger partial charge in [-0.15, -0.1) is 0 Å². The van der Waals surface area contributed by atoms with Crippen LogP contribution in [0.2, 0.25) is 0 Å². The van der Waals surface area contributed by atoms with E-state index < -0.39 is 4.92 Å². The number of ether oxygens (including phenoxy) is 1. The molecule has 7 heteroatoms. The molecule has 0 aliphatic rings. The number of hydrogen-bond acceptors (Lipinski definition) is 5. The van der Waals surface area contributed by atoms with Crippen molar-refractivity contribution in [1.29, 1.82) is 0 Å². The highest BCUT2D eigenvalue weighted by molar-refractivity contribution is 5.82. The Kier molecular flexibility index (Phi) is 6.61. The average Bonchev–Trinajstić information content (AvgIpc) is 2.63. The number of non-ortho nitro benzene ring substituents is 1. The summed E-state index contributed by atoms with van der Waals surface area (Å²) in [6.45, 7) is 3.76. The van der Waals surface area contributed by atoms with Crippen molar-refractivity contribution in [3.63, 3.8) is 0 Å². The molecule has 0 saturated carbocycles. The van der Waals surface area contributed by atoms with Gasteiger partial charge in [0.2, 0.25) is 0 Å². The summed E-state index contributed by atoms with van der Waals surface area (Å²) in [6, 6.07) is 11.8. The lowest BCUT2D eigenvalue weighted by Gasteiger charge is -2.09. The number of nitro benzene ring substituents is 1. The number of hydrazone groups is 1. The van der Waals surface area contributed by atoms with Gasteiger partial charge in [0.05, 0.1) is 4.92 Å². The molecule has 0 aliphatic heterocycles. The highest BCUT2D eigenvalue weighted by Crippen LogP contribution is 2.20. The quantitative estimate of drug-likeness (QED) is 0.469. The summed E-state index contributed by atoms with van der Waals surface area (Å²) in [5.74, 6) is 0.278. The van der Waals surface area contributed by atoms with Crippen LogP contribution in [0, 0.1) is 24.0 Å². The fourth-order valence-corrected chi connectivity index (χ4v) is 2.10. The van der Waals surface area contributed by atoms with Crippen LogP contribution in [0.25, 0.3) is 6.08 Å². The molecule has 0 aliphatic carbocycles. The van der Waals surface area contributed by atoms with E-state index in [1.54, 1.807) is 30.4 Å². The summed E-state index contributed by atoms with van der Waals surface area (Å²) < 4.78 is 5.47. The largest absolute Gasteiger partial charge is 0.483 e. The molecule has 0 spiro atoms. The number of aryl methyl sites for hydroxylation is 1. The van der Waals surface area contributed by atoms with Gasteiger partial charge in [0.15, 0.2) is 6.61 Å². The number of allylic oxidation sites excluding steroid dienone is 1. The molecule has 26 heavy (non-hydrogen) atoms. The number of benzene rings is 2. The van der Waals surface area contributed by atoms with Crippen LogP contribution in [0.15, 0.2) is 53.6 Å². The summed E-state index contributed by atoms with van der Waals surface area (Å²) >= 11 is 0. The van der Waals surface area contributed by atoms with Crippen LogP contribution in [-0.4, -0.2) is 23.7 Å². The van der Waals surface area contributed by atoms with Gasteiger partial charge in [0.1, 0.15) is 5.75 Å². The minimum atomic E-state index is -0.457. The molecule has 2 aromatic carbocycles. The van der Waals surface area contributed by atoms with Crippen molar-refractivity contribution in [1.82, 2.24) is 5.43 Å². The Morgan fingerprint density at radius 1 is 1.27 bits per heavy atom. The number of rotatable bonds is 7. The van der Waals surface area contributed by atoms with E-state index in [0.29, 0.717) is 11.3 Å². The Labute approximate surface area is 151 Å². The van der Waals surface area contributed by atoms with Crippen molar-refractivity contribution >= 4 is 23.9 Å². The molecule has 2 rings (SSSR count). The molecule has 0 aromatic heterocycles. The normalized spacial score (nSPS) is 11.0. The summed E-state index contributed by atoms with van der Waals surface area (Å²) in [5, 5.41) is 14.5. The van der Waals surface area contributed by atoms with E-state index >= 15 is 0 Å². The van der Waals surface area contributed by atoms with E-state index in [1.165, 1.54) is 18.3 Å². The molecule has 1 amide bonds. The van der Waals surface area contributed by atoms with E-state index in [-0.39, 0.29) is 18.2 Å². The van der Waals surface area contributed by atoms with Crippen molar-refractivity contribution in [3.8, 4) is 5.75 Å². The van der Waals surface area contributed by atoms with Gasteiger partial charge < -0.3 is 4.74 Å². The van der Waals surface area contributed by atoms with Crippen LogP contribution in [0.1, 0.15) is 16.7 Å². The molecule has 1 N–H and O–H groups in total. The second-order valence-corrected chi connectivity index (χ2v) is 5.51. The van der Waals surface area contributed by atoms with Gasteiger partial charge in [0.25, 0.3) is 11.6 Å². The van der Waals surface area contributed by atoms with E-state index in [0.717, 1.165) is 11.1 Å². The summed E-state index contributed by atoms with van der Waals surface area (Å²) in [6.07, 6.45) is 4.61. The lowest BCUT2D eigenvalue weighted by atomic mass is 10.1. The van der Waals surface area contributed by atoms with Crippen LogP contribution in [0.5, 0.6) is 5.75 Å². The molecule has 2 aromatic rings. The van der Waals surface area contributed by atoms with E-state index in [1.807, 2.05) is 26.0 Å². The maximum Gasteiger partial charge on any atom is 0.277 e. The smallest absolute Gasteiger partial charge is 0.277 e. The number of nitrogens with one attached hydrogen (secondary N) is 1. The number of nitrogens with zero attached hydrogens (tertiary/aromatic N) is 2. The molecule has 0 saturated heterocycles. The minimum absolute atomic E-state index is 0.0148. The molecule has 134 valence electrons. The zero-order chi connectivity index (χ0) is 18.9. The third-order valence-electron chi connectivity index (χ3n) is 3.63. The van der Waals surface area contributed by atoms with Crippen LogP contribution >= 0.6 is 0 Å². The fourth-order valence-electron chi connectivity index (χ4n) is 2.10. The molecule has 0 radical (unpaired) electrons. The van der Waals surface area contributed by atoms with E-state index in [2.05, 4.69) is 10.5 Å². The van der Waals surface area contributed by atoms with Gasteiger partial charge >= 0.3 is 0 Å². The topological polar surface area (TPSA) is 93.8 Å². The van der Waals surface area contributed by atoms with E-state index in [4.69, 9.17) is 4.74 Å². The minimum Gasteiger partial charge on any atom is -0.483 e. The molecule has 0 unspecified atom stereocenters. The van der Waals surface area contributed by atoms with Crippen LogP contribution in [0.3, 0.4) is 0 Å². The second kappa shape index (κ2) is 9.12. The Balaban J connectivity index is 1.81. The highest BCUT2D eigenvalue weighted by atomic mass is 16.6. The zero-order valence-electron chi connectivity index (χ0n) is 14.5. The standard InChI is InChI=1S/C19H19N3O4/c1-14-6-3-10-18(15(14)2)26-13-19(23)21-20-11-5-8-16-7-4-9-17(12-16)22(24)25/h3-12H,13H2,1-2H3,(H,21,23). The molecule has 0 bridgehead atoms. The predicted octanol–water partition coefficient (Wildman–Crippen LogP) is 3.41. The number of amides is 1. The molecular weight excluding hydrogens is 334 g/mol. The second-order valence-electron chi connectivity index (χ2n) is 5.51. The van der Waals surface area contributed by atoms with Crippen LogP contribution < -0.4 is 10.2 Å². The van der Waals surface area contributed by atoms with Crippen LogP contribution in [-0.2, 0) is 4.79 Å².